The fraction of sp³-hybridized carbons (Fsp3) is 0.300. The summed E-state index contributed by atoms with van der Waals surface area (Å²) in [7, 11) is 0. The zero-order valence-corrected chi connectivity index (χ0v) is 9.09. The molecule has 0 saturated carbocycles. The van der Waals surface area contributed by atoms with Crippen molar-refractivity contribution in [1.29, 1.82) is 0 Å². The Bertz CT molecular complexity index is 396. The lowest BCUT2D eigenvalue weighted by Crippen LogP contribution is -2.12. The van der Waals surface area contributed by atoms with E-state index in [-0.39, 0.29) is 0 Å². The van der Waals surface area contributed by atoms with E-state index in [1.165, 1.54) is 0 Å². The van der Waals surface area contributed by atoms with Crippen LogP contribution >= 0.6 is 11.3 Å². The van der Waals surface area contributed by atoms with Crippen molar-refractivity contribution < 1.29 is 4.42 Å². The molecule has 4 nitrogen and oxygen atoms in total. The lowest BCUT2D eigenvalue weighted by Gasteiger charge is -1.98. The Morgan fingerprint density at radius 3 is 3.07 bits per heavy atom. The summed E-state index contributed by atoms with van der Waals surface area (Å²) in [6.45, 7) is 2.08. The van der Waals surface area contributed by atoms with E-state index in [2.05, 4.69) is 10.3 Å². The van der Waals surface area contributed by atoms with Crippen molar-refractivity contribution in [1.82, 2.24) is 10.3 Å². The summed E-state index contributed by atoms with van der Waals surface area (Å²) in [4.78, 5) is 4.36. The highest BCUT2D eigenvalue weighted by Crippen LogP contribution is 2.08. The van der Waals surface area contributed by atoms with Crippen LogP contribution in [0.15, 0.2) is 28.4 Å². The number of rotatable bonds is 5. The van der Waals surface area contributed by atoms with Crippen molar-refractivity contribution in [2.45, 2.75) is 19.6 Å². The first-order chi connectivity index (χ1) is 7.38. The Morgan fingerprint density at radius 1 is 1.47 bits per heavy atom. The number of nitrogens with two attached hydrogens (primary N) is 1. The minimum Gasteiger partial charge on any atom is -0.472 e. The van der Waals surface area contributed by atoms with Gasteiger partial charge < -0.3 is 15.5 Å². The summed E-state index contributed by atoms with van der Waals surface area (Å²) in [5.41, 5.74) is 7.67. The van der Waals surface area contributed by atoms with Crippen LogP contribution < -0.4 is 11.1 Å². The van der Waals surface area contributed by atoms with Crippen LogP contribution in [0.4, 0.5) is 0 Å². The molecule has 15 heavy (non-hydrogen) atoms. The molecule has 0 radical (unpaired) electrons. The van der Waals surface area contributed by atoms with Crippen molar-refractivity contribution in [3.05, 3.63) is 40.2 Å². The quantitative estimate of drug-likeness (QED) is 0.806. The number of thiazole rings is 1. The van der Waals surface area contributed by atoms with E-state index in [1.54, 1.807) is 23.9 Å². The summed E-state index contributed by atoms with van der Waals surface area (Å²) >= 11 is 1.60. The predicted octanol–water partition coefficient (Wildman–Crippen LogP) is 1.48. The monoisotopic (exact) mass is 223 g/mol. The van der Waals surface area contributed by atoms with Crippen molar-refractivity contribution >= 4 is 11.3 Å². The molecule has 5 heteroatoms. The zero-order valence-electron chi connectivity index (χ0n) is 8.27. The number of hydrogen-bond donors (Lipinski definition) is 2. The van der Waals surface area contributed by atoms with Gasteiger partial charge in [0.1, 0.15) is 5.01 Å². The summed E-state index contributed by atoms with van der Waals surface area (Å²) in [6.07, 6.45) is 3.41. The van der Waals surface area contributed by atoms with Gasteiger partial charge in [0.25, 0.3) is 0 Å². The molecule has 0 aliphatic rings. The highest BCUT2D eigenvalue weighted by molar-refractivity contribution is 7.09. The molecule has 0 fully saturated rings. The zero-order chi connectivity index (χ0) is 10.5. The molecule has 0 aliphatic carbocycles. The van der Waals surface area contributed by atoms with Crippen LogP contribution in [0, 0.1) is 0 Å². The maximum Gasteiger partial charge on any atom is 0.106 e. The van der Waals surface area contributed by atoms with Gasteiger partial charge in [0, 0.05) is 30.6 Å². The molecule has 0 amide bonds. The molecule has 3 N–H and O–H groups in total. The second kappa shape index (κ2) is 5.06. The molecule has 0 aromatic carbocycles. The molecular formula is C10H13N3OS. The van der Waals surface area contributed by atoms with Gasteiger partial charge in [-0.3, -0.25) is 0 Å². The number of furan rings is 1. The van der Waals surface area contributed by atoms with Crippen molar-refractivity contribution in [2.24, 2.45) is 5.73 Å². The molecule has 0 aliphatic heterocycles. The SMILES string of the molecule is NCc1nc(CNCc2ccoc2)cs1. The van der Waals surface area contributed by atoms with Crippen LogP contribution in [0.5, 0.6) is 0 Å². The van der Waals surface area contributed by atoms with Gasteiger partial charge in [-0.05, 0) is 6.07 Å². The molecule has 0 bridgehead atoms. The Morgan fingerprint density at radius 2 is 2.40 bits per heavy atom. The summed E-state index contributed by atoms with van der Waals surface area (Å²) in [5, 5.41) is 6.30. The van der Waals surface area contributed by atoms with Gasteiger partial charge in [-0.15, -0.1) is 11.3 Å². The predicted molar refractivity (Wildman–Crippen MR) is 59.3 cm³/mol. The number of nitrogens with one attached hydrogen (secondary N) is 1. The second-order valence-corrected chi connectivity index (χ2v) is 4.11. The normalized spacial score (nSPS) is 10.7. The van der Waals surface area contributed by atoms with Gasteiger partial charge in [0.2, 0.25) is 0 Å². The average Bonchev–Trinajstić information content (AvgIpc) is 2.88. The standard InChI is InChI=1S/C10H13N3OS/c11-3-10-13-9(7-15-10)5-12-4-8-1-2-14-6-8/h1-2,6-7,12H,3-5,11H2. The Balaban J connectivity index is 1.78. The highest BCUT2D eigenvalue weighted by Gasteiger charge is 2.00. The largest absolute Gasteiger partial charge is 0.472 e. The van der Waals surface area contributed by atoms with Gasteiger partial charge in [-0.25, -0.2) is 4.98 Å². The first-order valence-electron chi connectivity index (χ1n) is 4.73. The van der Waals surface area contributed by atoms with Gasteiger partial charge in [0.15, 0.2) is 0 Å². The van der Waals surface area contributed by atoms with Crippen molar-refractivity contribution in [3.8, 4) is 0 Å². The maximum absolute atomic E-state index is 5.48. The first-order valence-corrected chi connectivity index (χ1v) is 5.61. The molecule has 0 atom stereocenters. The molecule has 0 spiro atoms. The van der Waals surface area contributed by atoms with Crippen LogP contribution in [0.2, 0.25) is 0 Å². The summed E-state index contributed by atoms with van der Waals surface area (Å²) in [5.74, 6) is 0. The summed E-state index contributed by atoms with van der Waals surface area (Å²) < 4.78 is 4.97. The van der Waals surface area contributed by atoms with E-state index in [1.807, 2.05) is 11.4 Å². The molecule has 2 aromatic heterocycles. The van der Waals surface area contributed by atoms with Gasteiger partial charge in [-0.1, -0.05) is 0 Å². The fourth-order valence-corrected chi connectivity index (χ4v) is 1.93. The first kappa shape index (κ1) is 10.4. The van der Waals surface area contributed by atoms with Crippen LogP contribution in [0.1, 0.15) is 16.3 Å². The van der Waals surface area contributed by atoms with Crippen LogP contribution in [-0.2, 0) is 19.6 Å². The fourth-order valence-electron chi connectivity index (χ4n) is 1.25. The van der Waals surface area contributed by atoms with Crippen LogP contribution in [0.25, 0.3) is 0 Å². The van der Waals surface area contributed by atoms with E-state index >= 15 is 0 Å². The highest BCUT2D eigenvalue weighted by atomic mass is 32.1. The molecule has 2 aromatic rings. The molecule has 0 unspecified atom stereocenters. The van der Waals surface area contributed by atoms with Crippen LogP contribution in [0.3, 0.4) is 0 Å². The number of aromatic nitrogens is 1. The number of hydrogen-bond acceptors (Lipinski definition) is 5. The minimum atomic E-state index is 0.520. The molecular weight excluding hydrogens is 210 g/mol. The van der Waals surface area contributed by atoms with E-state index in [4.69, 9.17) is 10.2 Å². The second-order valence-electron chi connectivity index (χ2n) is 3.17. The van der Waals surface area contributed by atoms with E-state index in [0.717, 1.165) is 29.4 Å². The number of nitrogens with zero attached hydrogens (tertiary/aromatic N) is 1. The van der Waals surface area contributed by atoms with Gasteiger partial charge >= 0.3 is 0 Å². The lowest BCUT2D eigenvalue weighted by molar-refractivity contribution is 0.560. The van der Waals surface area contributed by atoms with E-state index in [0.29, 0.717) is 6.54 Å². The third-order valence-corrected chi connectivity index (χ3v) is 2.91. The smallest absolute Gasteiger partial charge is 0.106 e. The van der Waals surface area contributed by atoms with Crippen molar-refractivity contribution in [2.75, 3.05) is 0 Å². The Labute approximate surface area is 92.1 Å². The minimum absolute atomic E-state index is 0.520. The van der Waals surface area contributed by atoms with E-state index < -0.39 is 0 Å². The molecule has 80 valence electrons. The third-order valence-electron chi connectivity index (χ3n) is 1.99. The van der Waals surface area contributed by atoms with Gasteiger partial charge in [-0.2, -0.15) is 0 Å². The van der Waals surface area contributed by atoms with Gasteiger partial charge in [0.05, 0.1) is 18.2 Å². The van der Waals surface area contributed by atoms with Crippen molar-refractivity contribution in [3.63, 3.8) is 0 Å². The molecule has 2 rings (SSSR count). The molecule has 0 saturated heterocycles. The Kier molecular flexibility index (Phi) is 3.49. The van der Waals surface area contributed by atoms with E-state index in [9.17, 15) is 0 Å². The Hall–Kier alpha value is -1.17. The van der Waals surface area contributed by atoms with Crippen LogP contribution in [-0.4, -0.2) is 4.98 Å². The molecule has 2 heterocycles. The topological polar surface area (TPSA) is 64.1 Å². The third kappa shape index (κ3) is 2.89. The average molecular weight is 223 g/mol. The summed E-state index contributed by atoms with van der Waals surface area (Å²) in [6, 6.07) is 1.94. The maximum atomic E-state index is 5.48. The lowest BCUT2D eigenvalue weighted by atomic mass is 10.3.